The Morgan fingerprint density at radius 2 is 1.75 bits per heavy atom. The van der Waals surface area contributed by atoms with Crippen LogP contribution in [0.3, 0.4) is 0 Å². The van der Waals surface area contributed by atoms with Gasteiger partial charge in [0.05, 0.1) is 19.2 Å². The van der Waals surface area contributed by atoms with Gasteiger partial charge in [-0.25, -0.2) is 4.79 Å². The molecule has 0 radical (unpaired) electrons. The van der Waals surface area contributed by atoms with E-state index in [4.69, 9.17) is 24.5 Å². The van der Waals surface area contributed by atoms with E-state index in [9.17, 15) is 24.0 Å². The highest BCUT2D eigenvalue weighted by atomic mass is 16.6. The molecular formula is C18H24N4O10. The summed E-state index contributed by atoms with van der Waals surface area (Å²) in [6.07, 6.45) is -3.19. The molecule has 0 saturated carbocycles. The Morgan fingerprint density at radius 3 is 2.22 bits per heavy atom. The van der Waals surface area contributed by atoms with Crippen LogP contribution >= 0.6 is 0 Å². The van der Waals surface area contributed by atoms with Crippen molar-refractivity contribution in [3.8, 4) is 0 Å². The molecule has 1 amide bonds. The highest BCUT2D eigenvalue weighted by molar-refractivity contribution is 5.86. The van der Waals surface area contributed by atoms with Crippen LogP contribution in [0.25, 0.3) is 10.4 Å². The number of rotatable bonds is 9. The second kappa shape index (κ2) is 12.2. The van der Waals surface area contributed by atoms with Gasteiger partial charge in [-0.2, -0.15) is 0 Å². The highest BCUT2D eigenvalue weighted by Crippen LogP contribution is 2.28. The third-order valence-electron chi connectivity index (χ3n) is 4.01. The van der Waals surface area contributed by atoms with Crippen molar-refractivity contribution < 1.29 is 47.7 Å². The molecule has 1 heterocycles. The molecule has 32 heavy (non-hydrogen) atoms. The third-order valence-corrected chi connectivity index (χ3v) is 4.01. The Labute approximate surface area is 182 Å². The fourth-order valence-corrected chi connectivity index (χ4v) is 2.92. The van der Waals surface area contributed by atoms with Gasteiger partial charge in [-0.15, -0.1) is 0 Å². The predicted octanol–water partition coefficient (Wildman–Crippen LogP) is 0.0522. The van der Waals surface area contributed by atoms with E-state index in [0.29, 0.717) is 0 Å². The van der Waals surface area contributed by atoms with Gasteiger partial charge in [0.1, 0.15) is 6.61 Å². The quantitative estimate of drug-likeness (QED) is 0.163. The molecule has 0 aliphatic carbocycles. The van der Waals surface area contributed by atoms with Crippen molar-refractivity contribution in [1.82, 2.24) is 5.32 Å². The summed E-state index contributed by atoms with van der Waals surface area (Å²) in [7, 11) is 1.08. The van der Waals surface area contributed by atoms with Crippen molar-refractivity contribution in [2.75, 3.05) is 13.7 Å². The molecule has 0 bridgehead atoms. The summed E-state index contributed by atoms with van der Waals surface area (Å²) >= 11 is 0. The first-order chi connectivity index (χ1) is 15.0. The largest absolute Gasteiger partial charge is 0.477 e. The van der Waals surface area contributed by atoms with Crippen molar-refractivity contribution in [3.05, 3.63) is 22.3 Å². The van der Waals surface area contributed by atoms with E-state index >= 15 is 0 Å². The number of azide groups is 1. The monoisotopic (exact) mass is 456 g/mol. The number of carbonyl (C=O) groups excluding carboxylic acids is 5. The Balaban J connectivity index is 3.57. The third kappa shape index (κ3) is 7.80. The molecule has 176 valence electrons. The van der Waals surface area contributed by atoms with Gasteiger partial charge in [-0.1, -0.05) is 5.11 Å². The van der Waals surface area contributed by atoms with Crippen LogP contribution in [-0.2, 0) is 47.7 Å². The average molecular weight is 456 g/mol. The number of esters is 4. The molecular weight excluding hydrogens is 432 g/mol. The number of ether oxygens (including phenoxy) is 5. The minimum Gasteiger partial charge on any atom is -0.477 e. The summed E-state index contributed by atoms with van der Waals surface area (Å²) in [6.45, 7) is 3.87. The van der Waals surface area contributed by atoms with Crippen molar-refractivity contribution >= 4 is 29.8 Å². The minimum absolute atomic E-state index is 0.400. The first-order valence-corrected chi connectivity index (χ1v) is 9.26. The van der Waals surface area contributed by atoms with Crippen LogP contribution < -0.4 is 5.32 Å². The predicted molar refractivity (Wildman–Crippen MR) is 103 cm³/mol. The van der Waals surface area contributed by atoms with Crippen LogP contribution in [0, 0.1) is 0 Å². The van der Waals surface area contributed by atoms with Gasteiger partial charge in [0.2, 0.25) is 11.7 Å². The maximum Gasteiger partial charge on any atom is 0.372 e. The Hall–Kier alpha value is -3.80. The number of carbonyl (C=O) groups is 5. The van der Waals surface area contributed by atoms with E-state index in [1.165, 1.54) is 6.92 Å². The molecule has 5 atom stereocenters. The zero-order valence-electron chi connectivity index (χ0n) is 18.1. The fourth-order valence-electron chi connectivity index (χ4n) is 2.92. The van der Waals surface area contributed by atoms with Crippen LogP contribution in [0.2, 0.25) is 0 Å². The summed E-state index contributed by atoms with van der Waals surface area (Å²) in [5.41, 5.74) is 8.94. The lowest BCUT2D eigenvalue weighted by atomic mass is 9.92. The molecule has 0 saturated heterocycles. The molecule has 1 N–H and O–H groups in total. The first-order valence-electron chi connectivity index (χ1n) is 9.26. The molecule has 0 aromatic rings. The summed E-state index contributed by atoms with van der Waals surface area (Å²) in [6, 6.07) is -2.35. The molecule has 0 spiro atoms. The van der Waals surface area contributed by atoms with E-state index in [1.807, 2.05) is 0 Å². The van der Waals surface area contributed by atoms with Gasteiger partial charge in [0.15, 0.2) is 18.3 Å². The number of nitrogens with one attached hydrogen (secondary N) is 1. The van der Waals surface area contributed by atoms with Crippen LogP contribution in [0.5, 0.6) is 0 Å². The molecule has 1 rings (SSSR count). The van der Waals surface area contributed by atoms with Gasteiger partial charge in [0, 0.05) is 32.6 Å². The smallest absolute Gasteiger partial charge is 0.372 e. The van der Waals surface area contributed by atoms with Gasteiger partial charge in [0.25, 0.3) is 0 Å². The normalized spacial score (nSPS) is 21.3. The molecule has 1 aliphatic heterocycles. The molecule has 14 heteroatoms. The fraction of sp³-hybridized carbons (Fsp3) is 0.611. The molecule has 1 aliphatic rings. The molecule has 0 unspecified atom stereocenters. The van der Waals surface area contributed by atoms with Crippen molar-refractivity contribution in [1.29, 1.82) is 0 Å². The molecule has 0 fully saturated rings. The second-order valence-corrected chi connectivity index (χ2v) is 6.55. The van der Waals surface area contributed by atoms with Gasteiger partial charge < -0.3 is 29.0 Å². The van der Waals surface area contributed by atoms with Crippen molar-refractivity contribution in [2.24, 2.45) is 5.11 Å². The van der Waals surface area contributed by atoms with Gasteiger partial charge in [-0.05, 0) is 11.6 Å². The lowest BCUT2D eigenvalue weighted by molar-refractivity contribution is -0.187. The molecule has 0 aromatic heterocycles. The molecule has 14 nitrogen and oxygen atoms in total. The summed E-state index contributed by atoms with van der Waals surface area (Å²) < 4.78 is 25.6. The highest BCUT2D eigenvalue weighted by Gasteiger charge is 2.47. The number of hydrogen-bond acceptors (Lipinski definition) is 11. The number of methoxy groups -OCH3 is 1. The summed E-state index contributed by atoms with van der Waals surface area (Å²) in [5.74, 6) is -4.27. The Kier molecular flexibility index (Phi) is 9.96. The Bertz CT molecular complexity index is 836. The van der Waals surface area contributed by atoms with E-state index in [-0.39, 0.29) is 0 Å². The molecule has 0 aromatic carbocycles. The van der Waals surface area contributed by atoms with Gasteiger partial charge >= 0.3 is 23.9 Å². The number of hydrogen-bond donors (Lipinski definition) is 1. The summed E-state index contributed by atoms with van der Waals surface area (Å²) in [5, 5.41) is 6.07. The van der Waals surface area contributed by atoms with Gasteiger partial charge in [-0.3, -0.25) is 19.2 Å². The maximum absolute atomic E-state index is 12.1. The van der Waals surface area contributed by atoms with Crippen LogP contribution in [-0.4, -0.2) is 73.9 Å². The zero-order valence-corrected chi connectivity index (χ0v) is 18.1. The van der Waals surface area contributed by atoms with Crippen LogP contribution in [0.15, 0.2) is 16.9 Å². The van der Waals surface area contributed by atoms with Crippen molar-refractivity contribution in [2.45, 2.75) is 58.1 Å². The lowest BCUT2D eigenvalue weighted by Crippen LogP contribution is -2.61. The van der Waals surface area contributed by atoms with Crippen LogP contribution in [0.1, 0.15) is 27.7 Å². The second-order valence-electron chi connectivity index (χ2n) is 6.55. The van der Waals surface area contributed by atoms with Crippen LogP contribution in [0.4, 0.5) is 0 Å². The SMILES string of the molecule is COC(=O)C1=C[C@H](N=[N+]=[N-])[C@@H](NC(C)=O)[C@H]([C@@H](OC(C)=O)[C@@H](COC(C)=O)OC(C)=O)O1. The topological polar surface area (TPSA) is 192 Å². The van der Waals surface area contributed by atoms with E-state index < -0.39 is 72.5 Å². The first kappa shape index (κ1) is 26.2. The zero-order chi connectivity index (χ0) is 24.4. The standard InChI is InChI=1S/C18H24N4O10/c1-8(23)20-15-12(21-22-19)6-13(18(27)28-5)32-17(15)16(31-11(4)26)14(30-10(3)25)7-29-9(2)24/h6,12,14-17H,7H2,1-5H3,(H,20,23)/t12-,14+,15+,16-,17+/m0/s1. The maximum atomic E-state index is 12.1. The van der Waals surface area contributed by atoms with E-state index in [0.717, 1.165) is 34.0 Å². The minimum atomic E-state index is -1.50. The summed E-state index contributed by atoms with van der Waals surface area (Å²) in [4.78, 5) is 61.4. The lowest BCUT2D eigenvalue weighted by Gasteiger charge is -2.40. The average Bonchev–Trinajstić information content (AvgIpc) is 2.69. The number of amides is 1. The van der Waals surface area contributed by atoms with E-state index in [1.54, 1.807) is 0 Å². The Morgan fingerprint density at radius 1 is 1.12 bits per heavy atom. The van der Waals surface area contributed by atoms with Crippen molar-refractivity contribution in [3.63, 3.8) is 0 Å². The number of nitrogens with zero attached hydrogens (tertiary/aromatic N) is 3. The van der Waals surface area contributed by atoms with E-state index in [2.05, 4.69) is 20.1 Å².